The van der Waals surface area contributed by atoms with Crippen LogP contribution < -0.4 is 5.32 Å². The lowest BCUT2D eigenvalue weighted by molar-refractivity contribution is 0.102. The van der Waals surface area contributed by atoms with E-state index in [2.05, 4.69) is 23.3 Å². The molecule has 1 N–H and O–H groups in total. The molecule has 2 aromatic carbocycles. The number of fused-ring (bicyclic) bond motifs is 1. The quantitative estimate of drug-likeness (QED) is 0.620. The van der Waals surface area contributed by atoms with Crippen LogP contribution in [0, 0.1) is 6.92 Å². The smallest absolute Gasteiger partial charge is 0.258 e. The summed E-state index contributed by atoms with van der Waals surface area (Å²) in [5, 5.41) is 3.59. The number of aryl methyl sites for hydroxylation is 1. The summed E-state index contributed by atoms with van der Waals surface area (Å²) in [6.07, 6.45) is 2.53. The second kappa shape index (κ2) is 7.78. The summed E-state index contributed by atoms with van der Waals surface area (Å²) in [6, 6.07) is 13.8. The monoisotopic (exact) mass is 384 g/mol. The summed E-state index contributed by atoms with van der Waals surface area (Å²) in [5.74, 6) is 0.765. The van der Waals surface area contributed by atoms with E-state index in [-0.39, 0.29) is 5.91 Å². The van der Waals surface area contributed by atoms with Crippen LogP contribution in [0.5, 0.6) is 0 Å². The first-order chi connectivity index (χ1) is 12.7. The molecule has 1 unspecified atom stereocenters. The zero-order valence-electron chi connectivity index (χ0n) is 14.5. The number of carbonyl (C=O) groups excluding carboxylic acids is 1. The third-order valence-corrected chi connectivity index (χ3v) is 6.48. The van der Waals surface area contributed by atoms with Crippen molar-refractivity contribution < 1.29 is 9.53 Å². The van der Waals surface area contributed by atoms with E-state index in [1.165, 1.54) is 16.9 Å². The Labute approximate surface area is 161 Å². The minimum Gasteiger partial charge on any atom is -0.377 e. The summed E-state index contributed by atoms with van der Waals surface area (Å²) < 4.78 is 6.77. The van der Waals surface area contributed by atoms with Gasteiger partial charge >= 0.3 is 0 Å². The Bertz CT molecular complexity index is 932. The van der Waals surface area contributed by atoms with Crippen molar-refractivity contribution in [3.05, 3.63) is 53.6 Å². The number of thiazole rings is 1. The average Bonchev–Trinajstić information content (AvgIpc) is 3.29. The molecule has 1 aliphatic heterocycles. The standard InChI is InChI=1S/C20H20N2O2S2/c1-13-8-9-16-18(11-13)26-20(21-16)22-19(23)15-6-2-3-7-17(15)25-12-14-5-4-10-24-14/h2-3,6-9,11,14H,4-5,10,12H2,1H3,(H,21,22,23). The Hall–Kier alpha value is -1.89. The highest BCUT2D eigenvalue weighted by Crippen LogP contribution is 2.29. The molecule has 4 nitrogen and oxygen atoms in total. The molecule has 0 bridgehead atoms. The van der Waals surface area contributed by atoms with Gasteiger partial charge in [0.1, 0.15) is 0 Å². The number of aromatic nitrogens is 1. The molecule has 6 heteroatoms. The predicted molar refractivity (Wildman–Crippen MR) is 108 cm³/mol. The van der Waals surface area contributed by atoms with Crippen molar-refractivity contribution in [2.24, 2.45) is 0 Å². The van der Waals surface area contributed by atoms with Gasteiger partial charge < -0.3 is 4.74 Å². The van der Waals surface area contributed by atoms with Gasteiger partial charge in [-0.15, -0.1) is 11.8 Å². The van der Waals surface area contributed by atoms with Crippen LogP contribution in [0.25, 0.3) is 10.2 Å². The molecule has 0 radical (unpaired) electrons. The lowest BCUT2D eigenvalue weighted by atomic mass is 10.2. The fourth-order valence-corrected chi connectivity index (χ4v) is 5.07. The Balaban J connectivity index is 1.49. The molecule has 1 aromatic heterocycles. The molecule has 1 fully saturated rings. The Morgan fingerprint density at radius 1 is 1.35 bits per heavy atom. The van der Waals surface area contributed by atoms with E-state index in [1.807, 2.05) is 36.4 Å². The first kappa shape index (κ1) is 17.5. The van der Waals surface area contributed by atoms with Gasteiger partial charge in [-0.3, -0.25) is 10.1 Å². The van der Waals surface area contributed by atoms with E-state index in [1.54, 1.807) is 11.8 Å². The normalized spacial score (nSPS) is 16.9. The second-order valence-electron chi connectivity index (χ2n) is 6.39. The largest absolute Gasteiger partial charge is 0.377 e. The Morgan fingerprint density at radius 3 is 3.08 bits per heavy atom. The van der Waals surface area contributed by atoms with E-state index in [0.717, 1.165) is 40.3 Å². The van der Waals surface area contributed by atoms with E-state index in [0.29, 0.717) is 16.8 Å². The molecule has 3 aromatic rings. The molecule has 1 saturated heterocycles. The zero-order valence-corrected chi connectivity index (χ0v) is 16.2. The number of hydrogen-bond donors (Lipinski definition) is 1. The van der Waals surface area contributed by atoms with Gasteiger partial charge in [0.15, 0.2) is 5.13 Å². The highest BCUT2D eigenvalue weighted by molar-refractivity contribution is 7.99. The average molecular weight is 385 g/mol. The lowest BCUT2D eigenvalue weighted by Crippen LogP contribution is -2.14. The van der Waals surface area contributed by atoms with Crippen molar-refractivity contribution >= 4 is 44.4 Å². The SMILES string of the molecule is Cc1ccc2nc(NC(=O)c3ccccc3SCC3CCCO3)sc2c1. The van der Waals surface area contributed by atoms with Crippen molar-refractivity contribution in [1.82, 2.24) is 4.98 Å². The summed E-state index contributed by atoms with van der Waals surface area (Å²) in [5.41, 5.74) is 2.79. The van der Waals surface area contributed by atoms with Crippen LogP contribution in [0.1, 0.15) is 28.8 Å². The van der Waals surface area contributed by atoms with Crippen molar-refractivity contribution in [2.75, 3.05) is 17.7 Å². The second-order valence-corrected chi connectivity index (χ2v) is 8.48. The van der Waals surface area contributed by atoms with Gasteiger partial charge in [0, 0.05) is 17.3 Å². The van der Waals surface area contributed by atoms with Crippen molar-refractivity contribution in [2.45, 2.75) is 30.8 Å². The molecule has 1 aliphatic rings. The number of ether oxygens (including phenoxy) is 1. The molecule has 0 aliphatic carbocycles. The van der Waals surface area contributed by atoms with Gasteiger partial charge in [-0.25, -0.2) is 4.98 Å². The van der Waals surface area contributed by atoms with Crippen molar-refractivity contribution in [3.63, 3.8) is 0 Å². The molecule has 1 atom stereocenters. The van der Waals surface area contributed by atoms with Gasteiger partial charge in [-0.2, -0.15) is 0 Å². The fourth-order valence-electron chi connectivity index (χ4n) is 2.99. The molecule has 0 saturated carbocycles. The highest BCUT2D eigenvalue weighted by atomic mass is 32.2. The Kier molecular flexibility index (Phi) is 5.24. The number of carbonyl (C=O) groups is 1. The zero-order chi connectivity index (χ0) is 17.9. The molecular weight excluding hydrogens is 364 g/mol. The number of nitrogens with zero attached hydrogens (tertiary/aromatic N) is 1. The first-order valence-electron chi connectivity index (χ1n) is 8.71. The van der Waals surface area contributed by atoms with Gasteiger partial charge in [0.05, 0.1) is 21.9 Å². The van der Waals surface area contributed by atoms with Crippen LogP contribution in [0.2, 0.25) is 0 Å². The molecular formula is C20H20N2O2S2. The molecule has 4 rings (SSSR count). The number of hydrogen-bond acceptors (Lipinski definition) is 5. The molecule has 2 heterocycles. The van der Waals surface area contributed by atoms with Crippen LogP contribution in [0.4, 0.5) is 5.13 Å². The fraction of sp³-hybridized carbons (Fsp3) is 0.300. The lowest BCUT2D eigenvalue weighted by Gasteiger charge is -2.11. The summed E-state index contributed by atoms with van der Waals surface area (Å²) in [7, 11) is 0. The topological polar surface area (TPSA) is 51.2 Å². The first-order valence-corrected chi connectivity index (χ1v) is 10.5. The van der Waals surface area contributed by atoms with Crippen LogP contribution >= 0.6 is 23.1 Å². The number of rotatable bonds is 5. The Morgan fingerprint density at radius 2 is 2.23 bits per heavy atom. The third kappa shape index (κ3) is 3.92. The minimum absolute atomic E-state index is 0.115. The summed E-state index contributed by atoms with van der Waals surface area (Å²) in [6.45, 7) is 2.91. The minimum atomic E-state index is -0.115. The number of amides is 1. The van der Waals surface area contributed by atoms with E-state index in [9.17, 15) is 4.79 Å². The van der Waals surface area contributed by atoms with Crippen molar-refractivity contribution in [1.29, 1.82) is 0 Å². The van der Waals surface area contributed by atoms with Crippen LogP contribution in [0.3, 0.4) is 0 Å². The molecule has 0 spiro atoms. The predicted octanol–water partition coefficient (Wildman–Crippen LogP) is 5.13. The van der Waals surface area contributed by atoms with Crippen LogP contribution in [0.15, 0.2) is 47.4 Å². The van der Waals surface area contributed by atoms with Gasteiger partial charge in [0.25, 0.3) is 5.91 Å². The molecule has 134 valence electrons. The maximum atomic E-state index is 12.8. The third-order valence-electron chi connectivity index (χ3n) is 4.34. The van der Waals surface area contributed by atoms with Crippen LogP contribution in [-0.4, -0.2) is 29.4 Å². The van der Waals surface area contributed by atoms with E-state index >= 15 is 0 Å². The van der Waals surface area contributed by atoms with E-state index < -0.39 is 0 Å². The summed E-state index contributed by atoms with van der Waals surface area (Å²) >= 11 is 3.19. The highest BCUT2D eigenvalue weighted by Gasteiger charge is 2.18. The van der Waals surface area contributed by atoms with E-state index in [4.69, 9.17) is 4.74 Å². The van der Waals surface area contributed by atoms with Crippen LogP contribution in [-0.2, 0) is 4.74 Å². The van der Waals surface area contributed by atoms with Gasteiger partial charge in [0.2, 0.25) is 0 Å². The van der Waals surface area contributed by atoms with Gasteiger partial charge in [-0.05, 0) is 49.6 Å². The molecule has 1 amide bonds. The number of thioether (sulfide) groups is 1. The maximum absolute atomic E-state index is 12.8. The summed E-state index contributed by atoms with van der Waals surface area (Å²) in [4.78, 5) is 18.3. The van der Waals surface area contributed by atoms with Gasteiger partial charge in [-0.1, -0.05) is 29.5 Å². The number of anilines is 1. The number of benzene rings is 2. The van der Waals surface area contributed by atoms with Crippen molar-refractivity contribution in [3.8, 4) is 0 Å². The maximum Gasteiger partial charge on any atom is 0.258 e. The number of nitrogens with one attached hydrogen (secondary N) is 1. The molecule has 26 heavy (non-hydrogen) atoms.